The lowest BCUT2D eigenvalue weighted by Gasteiger charge is -2.11. The van der Waals surface area contributed by atoms with Crippen LogP contribution in [0.1, 0.15) is 5.56 Å². The van der Waals surface area contributed by atoms with Gasteiger partial charge in [0.25, 0.3) is 0 Å². The SMILES string of the molecule is O=[N+]([O-])c1cc(CNNc2ccccc2)ccc1OC(F)(F)F. The van der Waals surface area contributed by atoms with Crippen LogP contribution in [-0.4, -0.2) is 11.3 Å². The summed E-state index contributed by atoms with van der Waals surface area (Å²) >= 11 is 0. The first kappa shape index (κ1) is 16.6. The van der Waals surface area contributed by atoms with Gasteiger partial charge < -0.3 is 10.2 Å². The molecule has 0 radical (unpaired) electrons. The van der Waals surface area contributed by atoms with E-state index < -0.39 is 22.7 Å². The number of para-hydroxylation sites is 1. The van der Waals surface area contributed by atoms with Gasteiger partial charge in [-0.2, -0.15) is 0 Å². The molecule has 0 aliphatic rings. The molecule has 122 valence electrons. The lowest BCUT2D eigenvalue weighted by molar-refractivity contribution is -0.388. The van der Waals surface area contributed by atoms with Crippen molar-refractivity contribution in [1.29, 1.82) is 0 Å². The second kappa shape index (κ2) is 6.97. The van der Waals surface area contributed by atoms with Crippen molar-refractivity contribution in [1.82, 2.24) is 5.43 Å². The Labute approximate surface area is 129 Å². The molecule has 0 amide bonds. The van der Waals surface area contributed by atoms with E-state index in [1.54, 1.807) is 12.1 Å². The quantitative estimate of drug-likeness (QED) is 0.626. The van der Waals surface area contributed by atoms with Crippen LogP contribution in [0.5, 0.6) is 5.75 Å². The van der Waals surface area contributed by atoms with E-state index in [2.05, 4.69) is 15.6 Å². The summed E-state index contributed by atoms with van der Waals surface area (Å²) in [4.78, 5) is 9.96. The molecule has 0 spiro atoms. The monoisotopic (exact) mass is 327 g/mol. The summed E-state index contributed by atoms with van der Waals surface area (Å²) in [6.07, 6.45) is -4.99. The lowest BCUT2D eigenvalue weighted by Crippen LogP contribution is -2.21. The van der Waals surface area contributed by atoms with E-state index in [-0.39, 0.29) is 6.54 Å². The predicted octanol–water partition coefficient (Wildman–Crippen LogP) is 3.61. The fourth-order valence-corrected chi connectivity index (χ4v) is 1.80. The van der Waals surface area contributed by atoms with Crippen molar-refractivity contribution in [3.05, 3.63) is 64.2 Å². The number of benzene rings is 2. The van der Waals surface area contributed by atoms with Gasteiger partial charge in [0, 0.05) is 18.3 Å². The fourth-order valence-electron chi connectivity index (χ4n) is 1.80. The molecule has 9 heteroatoms. The maximum absolute atomic E-state index is 12.2. The molecule has 6 nitrogen and oxygen atoms in total. The van der Waals surface area contributed by atoms with Crippen LogP contribution in [0.3, 0.4) is 0 Å². The first-order valence-electron chi connectivity index (χ1n) is 6.42. The minimum absolute atomic E-state index is 0.169. The van der Waals surface area contributed by atoms with E-state index in [0.717, 1.165) is 17.8 Å². The number of hydrogen-bond acceptors (Lipinski definition) is 5. The fraction of sp³-hybridized carbons (Fsp3) is 0.143. The molecule has 2 N–H and O–H groups in total. The summed E-state index contributed by atoms with van der Waals surface area (Å²) in [5, 5.41) is 10.9. The van der Waals surface area contributed by atoms with E-state index >= 15 is 0 Å². The summed E-state index contributed by atoms with van der Waals surface area (Å²) < 4.78 is 40.3. The summed E-state index contributed by atoms with van der Waals surface area (Å²) in [7, 11) is 0. The highest BCUT2D eigenvalue weighted by Crippen LogP contribution is 2.32. The highest BCUT2D eigenvalue weighted by molar-refractivity contribution is 5.49. The number of halogens is 3. The molecule has 23 heavy (non-hydrogen) atoms. The molecule has 0 saturated heterocycles. The van der Waals surface area contributed by atoms with Gasteiger partial charge in [0.2, 0.25) is 5.75 Å². The molecular weight excluding hydrogens is 315 g/mol. The number of ether oxygens (including phenoxy) is 1. The Hall–Kier alpha value is -2.81. The Kier molecular flexibility index (Phi) is 5.02. The van der Waals surface area contributed by atoms with E-state index in [4.69, 9.17) is 0 Å². The van der Waals surface area contributed by atoms with Gasteiger partial charge in [-0.3, -0.25) is 10.1 Å². The molecule has 2 aromatic carbocycles. The van der Waals surface area contributed by atoms with E-state index in [1.165, 1.54) is 6.07 Å². The predicted molar refractivity (Wildman–Crippen MR) is 76.7 cm³/mol. The maximum atomic E-state index is 12.2. The van der Waals surface area contributed by atoms with Gasteiger partial charge >= 0.3 is 12.0 Å². The molecule has 0 fully saturated rings. The van der Waals surface area contributed by atoms with Crippen molar-refractivity contribution in [2.75, 3.05) is 5.43 Å². The second-order valence-corrected chi connectivity index (χ2v) is 4.45. The molecule has 2 aromatic rings. The second-order valence-electron chi connectivity index (χ2n) is 4.45. The van der Waals surface area contributed by atoms with Crippen molar-refractivity contribution < 1.29 is 22.8 Å². The maximum Gasteiger partial charge on any atom is 0.573 e. The number of nitrogens with one attached hydrogen (secondary N) is 2. The first-order chi connectivity index (χ1) is 10.8. The summed E-state index contributed by atoms with van der Waals surface area (Å²) in [5.74, 6) is -0.845. The number of nitro groups is 1. The summed E-state index contributed by atoms with van der Waals surface area (Å²) in [5.41, 5.74) is 6.13. The van der Waals surface area contributed by atoms with E-state index in [1.807, 2.05) is 18.2 Å². The van der Waals surface area contributed by atoms with Gasteiger partial charge in [-0.15, -0.1) is 13.2 Å². The van der Waals surface area contributed by atoms with Gasteiger partial charge in [-0.1, -0.05) is 24.3 Å². The average Bonchev–Trinajstić information content (AvgIpc) is 2.48. The first-order valence-corrected chi connectivity index (χ1v) is 6.42. The van der Waals surface area contributed by atoms with Crippen LogP contribution in [-0.2, 0) is 6.54 Å². The molecule has 0 aromatic heterocycles. The third-order valence-corrected chi connectivity index (χ3v) is 2.74. The molecule has 0 saturated carbocycles. The van der Waals surface area contributed by atoms with Crippen LogP contribution in [0.15, 0.2) is 48.5 Å². The zero-order chi connectivity index (χ0) is 16.9. The van der Waals surface area contributed by atoms with Gasteiger partial charge in [0.05, 0.1) is 4.92 Å². The largest absolute Gasteiger partial charge is 0.573 e. The number of rotatable bonds is 6. The minimum Gasteiger partial charge on any atom is -0.398 e. The molecule has 0 heterocycles. The van der Waals surface area contributed by atoms with Crippen LogP contribution in [0.4, 0.5) is 24.5 Å². The molecular formula is C14H12F3N3O3. The highest BCUT2D eigenvalue weighted by Gasteiger charge is 2.34. The number of hydrogen-bond donors (Lipinski definition) is 2. The number of nitrogens with zero attached hydrogens (tertiary/aromatic N) is 1. The van der Waals surface area contributed by atoms with Crippen molar-refractivity contribution >= 4 is 11.4 Å². The van der Waals surface area contributed by atoms with Gasteiger partial charge in [0.15, 0.2) is 0 Å². The Balaban J connectivity index is 2.05. The highest BCUT2D eigenvalue weighted by atomic mass is 19.4. The summed E-state index contributed by atoms with van der Waals surface area (Å²) in [6, 6.07) is 12.3. The van der Waals surface area contributed by atoms with Crippen molar-refractivity contribution in [2.45, 2.75) is 12.9 Å². The van der Waals surface area contributed by atoms with E-state index in [0.29, 0.717) is 5.56 Å². The Morgan fingerprint density at radius 3 is 2.43 bits per heavy atom. The molecule has 0 aliphatic carbocycles. The number of hydrazine groups is 1. The van der Waals surface area contributed by atoms with Gasteiger partial charge in [-0.25, -0.2) is 5.43 Å². The van der Waals surface area contributed by atoms with Crippen LogP contribution >= 0.6 is 0 Å². The number of anilines is 1. The van der Waals surface area contributed by atoms with Crippen LogP contribution in [0.25, 0.3) is 0 Å². The van der Waals surface area contributed by atoms with Crippen LogP contribution < -0.4 is 15.6 Å². The number of nitro benzene ring substituents is 1. The Morgan fingerprint density at radius 2 is 1.83 bits per heavy atom. The lowest BCUT2D eigenvalue weighted by atomic mass is 10.2. The zero-order valence-corrected chi connectivity index (χ0v) is 11.6. The zero-order valence-electron chi connectivity index (χ0n) is 11.6. The third kappa shape index (κ3) is 5.15. The molecule has 0 unspecified atom stereocenters. The molecule has 2 rings (SSSR count). The third-order valence-electron chi connectivity index (χ3n) is 2.74. The molecule has 0 bridgehead atoms. The Bertz CT molecular complexity index is 678. The van der Waals surface area contributed by atoms with Crippen molar-refractivity contribution in [2.24, 2.45) is 0 Å². The topological polar surface area (TPSA) is 76.4 Å². The molecule has 0 atom stereocenters. The van der Waals surface area contributed by atoms with E-state index in [9.17, 15) is 23.3 Å². The van der Waals surface area contributed by atoms with Gasteiger partial charge in [0.1, 0.15) is 0 Å². The standard InChI is InChI=1S/C14H12F3N3O3/c15-14(16,17)23-13-7-6-10(8-12(13)20(21)22)9-18-19-11-4-2-1-3-5-11/h1-8,18-19H,9H2. The minimum atomic E-state index is -4.99. The molecule has 0 aliphatic heterocycles. The smallest absolute Gasteiger partial charge is 0.398 e. The van der Waals surface area contributed by atoms with Crippen molar-refractivity contribution in [3.63, 3.8) is 0 Å². The summed E-state index contributed by atoms with van der Waals surface area (Å²) in [6.45, 7) is 0.169. The number of alkyl halides is 3. The van der Waals surface area contributed by atoms with Crippen molar-refractivity contribution in [3.8, 4) is 5.75 Å². The van der Waals surface area contributed by atoms with Crippen LogP contribution in [0, 0.1) is 10.1 Å². The van der Waals surface area contributed by atoms with Crippen LogP contribution in [0.2, 0.25) is 0 Å². The Morgan fingerprint density at radius 1 is 1.13 bits per heavy atom. The van der Waals surface area contributed by atoms with Gasteiger partial charge in [-0.05, 0) is 23.8 Å². The average molecular weight is 327 g/mol. The normalized spacial score (nSPS) is 11.1.